The summed E-state index contributed by atoms with van der Waals surface area (Å²) in [5.41, 5.74) is 0.916. The van der Waals surface area contributed by atoms with Crippen LogP contribution in [0.5, 0.6) is 5.75 Å². The minimum absolute atomic E-state index is 0.00476. The first kappa shape index (κ1) is 19.1. The molecule has 1 fully saturated rings. The largest absolute Gasteiger partial charge is 0.488 e. The Balaban J connectivity index is 1.31. The van der Waals surface area contributed by atoms with Crippen molar-refractivity contribution in [1.29, 1.82) is 0 Å². The van der Waals surface area contributed by atoms with E-state index in [1.165, 1.54) is 9.75 Å². The number of halogens is 1. The monoisotopic (exact) mass is 449 g/mol. The third-order valence-corrected chi connectivity index (χ3v) is 7.21. The molecule has 144 valence electrons. The predicted octanol–water partition coefficient (Wildman–Crippen LogP) is 4.12. The van der Waals surface area contributed by atoms with Crippen LogP contribution in [0.15, 0.2) is 34.8 Å². The van der Waals surface area contributed by atoms with Crippen LogP contribution in [-0.4, -0.2) is 35.7 Å². The van der Waals surface area contributed by atoms with Crippen molar-refractivity contribution < 1.29 is 14.6 Å². The molecule has 0 radical (unpaired) electrons. The summed E-state index contributed by atoms with van der Waals surface area (Å²) in [6, 6.07) is 9.67. The van der Waals surface area contributed by atoms with Crippen molar-refractivity contribution in [2.45, 2.75) is 50.9 Å². The minimum atomic E-state index is -0.564. The molecular formula is C21H24BrNO3S. The number of Topliss-reactive ketones (excluding diaryl/α,β-unsaturated/α-hetero) is 1. The van der Waals surface area contributed by atoms with E-state index < -0.39 is 6.10 Å². The first-order valence-electron chi connectivity index (χ1n) is 9.48. The molecule has 1 unspecified atom stereocenters. The molecule has 4 atom stereocenters. The Bertz CT molecular complexity index is 819. The van der Waals surface area contributed by atoms with Gasteiger partial charge in [-0.15, -0.1) is 11.3 Å². The first-order valence-corrected chi connectivity index (χ1v) is 11.1. The number of aryl methyl sites for hydroxylation is 2. The molecule has 6 heteroatoms. The number of carbonyl (C=O) groups excluding carboxylic acids is 1. The van der Waals surface area contributed by atoms with Gasteiger partial charge in [0, 0.05) is 38.3 Å². The summed E-state index contributed by atoms with van der Waals surface area (Å²) in [6.07, 6.45) is 2.76. The number of nitrogens with one attached hydrogen (secondary N) is 1. The normalized spacial score (nSPS) is 27.6. The van der Waals surface area contributed by atoms with Gasteiger partial charge in [0.05, 0.1) is 0 Å². The van der Waals surface area contributed by atoms with Gasteiger partial charge in [0.2, 0.25) is 0 Å². The van der Waals surface area contributed by atoms with Gasteiger partial charge in [-0.3, -0.25) is 4.79 Å². The maximum atomic E-state index is 12.7. The van der Waals surface area contributed by atoms with E-state index in [2.05, 4.69) is 28.2 Å². The van der Waals surface area contributed by atoms with Crippen LogP contribution in [0.2, 0.25) is 0 Å². The van der Waals surface area contributed by atoms with Crippen molar-refractivity contribution in [3.05, 3.63) is 50.1 Å². The fourth-order valence-electron chi connectivity index (χ4n) is 4.09. The van der Waals surface area contributed by atoms with Gasteiger partial charge >= 0.3 is 0 Å². The lowest BCUT2D eigenvalue weighted by Gasteiger charge is -2.25. The van der Waals surface area contributed by atoms with Crippen molar-refractivity contribution >= 4 is 33.0 Å². The zero-order valence-corrected chi connectivity index (χ0v) is 17.7. The van der Waals surface area contributed by atoms with Crippen molar-refractivity contribution in [1.82, 2.24) is 5.32 Å². The number of benzene rings is 1. The Morgan fingerprint density at radius 1 is 1.26 bits per heavy atom. The fourth-order valence-corrected chi connectivity index (χ4v) is 5.40. The van der Waals surface area contributed by atoms with E-state index in [0.29, 0.717) is 6.54 Å². The van der Waals surface area contributed by atoms with Crippen molar-refractivity contribution in [2.75, 3.05) is 6.54 Å². The quantitative estimate of drug-likeness (QED) is 0.720. The number of hydrogen-bond donors (Lipinski definition) is 2. The van der Waals surface area contributed by atoms with E-state index in [4.69, 9.17) is 4.74 Å². The molecule has 1 aromatic heterocycles. The average Bonchev–Trinajstić information content (AvgIpc) is 3.20. The molecule has 2 aliphatic rings. The number of fused-ring (bicyclic) bond motifs is 1. The molecule has 1 aromatic carbocycles. The van der Waals surface area contributed by atoms with E-state index in [1.807, 2.05) is 30.3 Å². The van der Waals surface area contributed by atoms with Crippen LogP contribution in [-0.2, 0) is 6.42 Å². The SMILES string of the molecule is Cc1cc2c(s1)CCC(CN[C@@H]1CC[C@@H](Oc3ccc(Br)cc3)[C@@H]1O)C2=O. The van der Waals surface area contributed by atoms with Crippen LogP contribution in [0.25, 0.3) is 0 Å². The molecule has 4 rings (SSSR count). The molecule has 0 aliphatic heterocycles. The molecule has 27 heavy (non-hydrogen) atoms. The van der Waals surface area contributed by atoms with E-state index in [-0.39, 0.29) is 23.8 Å². The van der Waals surface area contributed by atoms with E-state index in [9.17, 15) is 9.90 Å². The number of hydrogen-bond acceptors (Lipinski definition) is 5. The predicted molar refractivity (Wildman–Crippen MR) is 111 cm³/mol. The second-order valence-corrected chi connectivity index (χ2v) is 9.74. The van der Waals surface area contributed by atoms with Crippen molar-refractivity contribution in [2.24, 2.45) is 5.92 Å². The van der Waals surface area contributed by atoms with Crippen LogP contribution in [0.3, 0.4) is 0 Å². The number of ether oxygens (including phenoxy) is 1. The van der Waals surface area contributed by atoms with Crippen LogP contribution < -0.4 is 10.1 Å². The number of aliphatic hydroxyl groups is 1. The lowest BCUT2D eigenvalue weighted by molar-refractivity contribution is 0.0441. The molecule has 2 aliphatic carbocycles. The van der Waals surface area contributed by atoms with Crippen LogP contribution in [0.1, 0.15) is 39.4 Å². The van der Waals surface area contributed by atoms with Gasteiger partial charge in [-0.05, 0) is 62.9 Å². The topological polar surface area (TPSA) is 58.6 Å². The fraction of sp³-hybridized carbons (Fsp3) is 0.476. The number of thiophene rings is 1. The summed E-state index contributed by atoms with van der Waals surface area (Å²) in [5.74, 6) is 1.03. The van der Waals surface area contributed by atoms with E-state index in [0.717, 1.165) is 41.5 Å². The molecular weight excluding hydrogens is 426 g/mol. The second kappa shape index (κ2) is 8.03. The smallest absolute Gasteiger partial charge is 0.168 e. The zero-order chi connectivity index (χ0) is 19.0. The lowest BCUT2D eigenvalue weighted by atomic mass is 9.87. The highest BCUT2D eigenvalue weighted by atomic mass is 79.9. The summed E-state index contributed by atoms with van der Waals surface area (Å²) in [4.78, 5) is 15.2. The highest BCUT2D eigenvalue weighted by Crippen LogP contribution is 2.32. The average molecular weight is 450 g/mol. The highest BCUT2D eigenvalue weighted by Gasteiger charge is 2.37. The van der Waals surface area contributed by atoms with Gasteiger partial charge in [0.15, 0.2) is 5.78 Å². The van der Waals surface area contributed by atoms with Gasteiger partial charge < -0.3 is 15.2 Å². The number of carbonyl (C=O) groups is 1. The highest BCUT2D eigenvalue weighted by molar-refractivity contribution is 9.10. The summed E-state index contributed by atoms with van der Waals surface area (Å²) in [6.45, 7) is 2.68. The number of rotatable bonds is 5. The molecule has 0 bridgehead atoms. The van der Waals surface area contributed by atoms with Crippen LogP contribution in [0, 0.1) is 12.8 Å². The Morgan fingerprint density at radius 3 is 2.81 bits per heavy atom. The third kappa shape index (κ3) is 4.14. The van der Waals surface area contributed by atoms with Crippen molar-refractivity contribution in [3.63, 3.8) is 0 Å². The third-order valence-electron chi connectivity index (χ3n) is 5.57. The molecule has 1 saturated carbocycles. The maximum absolute atomic E-state index is 12.7. The Hall–Kier alpha value is -1.21. The standard InChI is InChI=1S/C21H24BrNO3S/c1-12-10-16-19(27-12)9-2-13(20(16)24)11-23-17-7-8-18(21(17)25)26-15-5-3-14(22)4-6-15/h3-6,10,13,17-18,21,23,25H,2,7-9,11H2,1H3/t13?,17-,18-,21-/m1/s1. The summed E-state index contributed by atoms with van der Waals surface area (Å²) < 4.78 is 6.96. The summed E-state index contributed by atoms with van der Waals surface area (Å²) in [7, 11) is 0. The van der Waals surface area contributed by atoms with Gasteiger partial charge in [-0.2, -0.15) is 0 Å². The second-order valence-electron chi connectivity index (χ2n) is 7.49. The van der Waals surface area contributed by atoms with Gasteiger partial charge in [0.25, 0.3) is 0 Å². The Labute approximate surface area is 172 Å². The van der Waals surface area contributed by atoms with Crippen molar-refractivity contribution in [3.8, 4) is 5.75 Å². The molecule has 0 spiro atoms. The lowest BCUT2D eigenvalue weighted by Crippen LogP contribution is -2.44. The zero-order valence-electron chi connectivity index (χ0n) is 15.3. The summed E-state index contributed by atoms with van der Waals surface area (Å²) >= 11 is 5.15. The van der Waals surface area contributed by atoms with Crippen LogP contribution in [0.4, 0.5) is 0 Å². The maximum Gasteiger partial charge on any atom is 0.168 e. The van der Waals surface area contributed by atoms with Gasteiger partial charge in [-0.25, -0.2) is 0 Å². The Morgan fingerprint density at radius 2 is 2.04 bits per heavy atom. The Kier molecular flexibility index (Phi) is 5.69. The molecule has 0 saturated heterocycles. The number of aliphatic hydroxyl groups excluding tert-OH is 1. The van der Waals surface area contributed by atoms with Crippen LogP contribution >= 0.6 is 27.3 Å². The molecule has 4 nitrogen and oxygen atoms in total. The number of ketones is 1. The van der Waals surface area contributed by atoms with E-state index >= 15 is 0 Å². The molecule has 1 heterocycles. The van der Waals surface area contributed by atoms with Gasteiger partial charge in [0.1, 0.15) is 18.0 Å². The molecule has 2 N–H and O–H groups in total. The molecule has 2 aromatic rings. The van der Waals surface area contributed by atoms with E-state index in [1.54, 1.807) is 11.3 Å². The summed E-state index contributed by atoms with van der Waals surface area (Å²) in [5, 5.41) is 14.1. The minimum Gasteiger partial charge on any atom is -0.488 e. The first-order chi connectivity index (χ1) is 13.0. The molecule has 0 amide bonds. The van der Waals surface area contributed by atoms with Gasteiger partial charge in [-0.1, -0.05) is 15.9 Å².